The minimum Gasteiger partial charge on any atom is -0.355 e. The standard InChI is InChI=1S/C13H6F8N2/c14-7-6(8(15)10(17)11(18)9(7)16)12(13(19,20)21)23-5-3-1-2-4-22-5/h1-4,12H,(H,22,23). The largest absolute Gasteiger partial charge is 0.413 e. The fourth-order valence-electron chi connectivity index (χ4n) is 1.79. The molecule has 1 unspecified atom stereocenters. The van der Waals surface area contributed by atoms with Crippen molar-refractivity contribution in [3.05, 3.63) is 59.0 Å². The van der Waals surface area contributed by atoms with Crippen LogP contribution in [0.15, 0.2) is 24.4 Å². The van der Waals surface area contributed by atoms with Crippen LogP contribution in [0, 0.1) is 29.1 Å². The van der Waals surface area contributed by atoms with Gasteiger partial charge in [-0.05, 0) is 12.1 Å². The first kappa shape index (κ1) is 17.0. The van der Waals surface area contributed by atoms with Gasteiger partial charge in [0.2, 0.25) is 5.82 Å². The third-order valence-electron chi connectivity index (χ3n) is 2.82. The van der Waals surface area contributed by atoms with Crippen LogP contribution in [-0.2, 0) is 0 Å². The molecule has 2 rings (SSSR count). The zero-order chi connectivity index (χ0) is 17.4. The Kier molecular flexibility index (Phi) is 4.44. The summed E-state index contributed by atoms with van der Waals surface area (Å²) in [6.07, 6.45) is -4.27. The second kappa shape index (κ2) is 6.01. The van der Waals surface area contributed by atoms with Crippen LogP contribution in [0.2, 0.25) is 0 Å². The van der Waals surface area contributed by atoms with Crippen molar-refractivity contribution in [1.29, 1.82) is 0 Å². The van der Waals surface area contributed by atoms with Crippen molar-refractivity contribution in [1.82, 2.24) is 4.98 Å². The highest BCUT2D eigenvalue weighted by molar-refractivity contribution is 5.40. The molecule has 0 saturated carbocycles. The van der Waals surface area contributed by atoms with E-state index in [4.69, 9.17) is 0 Å². The Morgan fingerprint density at radius 1 is 0.826 bits per heavy atom. The smallest absolute Gasteiger partial charge is 0.355 e. The average Bonchev–Trinajstić information content (AvgIpc) is 2.50. The van der Waals surface area contributed by atoms with Crippen LogP contribution in [0.25, 0.3) is 0 Å². The molecule has 0 saturated heterocycles. The summed E-state index contributed by atoms with van der Waals surface area (Å²) in [5, 5.41) is 1.62. The molecule has 0 amide bonds. The number of pyridine rings is 1. The number of nitrogens with one attached hydrogen (secondary N) is 1. The van der Waals surface area contributed by atoms with Gasteiger partial charge in [-0.15, -0.1) is 0 Å². The summed E-state index contributed by atoms with van der Waals surface area (Å²) in [4.78, 5) is 3.46. The van der Waals surface area contributed by atoms with Gasteiger partial charge in [0.25, 0.3) is 0 Å². The predicted molar refractivity (Wildman–Crippen MR) is 62.9 cm³/mol. The van der Waals surface area contributed by atoms with Crippen molar-refractivity contribution >= 4 is 5.82 Å². The molecule has 0 radical (unpaired) electrons. The summed E-state index contributed by atoms with van der Waals surface area (Å²) in [5.74, 6) is -13.0. The minimum atomic E-state index is -5.35. The van der Waals surface area contributed by atoms with Crippen molar-refractivity contribution in [2.75, 3.05) is 5.32 Å². The van der Waals surface area contributed by atoms with Crippen molar-refractivity contribution < 1.29 is 35.1 Å². The predicted octanol–water partition coefficient (Wildman–Crippen LogP) is 4.49. The van der Waals surface area contributed by atoms with E-state index in [2.05, 4.69) is 4.98 Å². The monoisotopic (exact) mass is 342 g/mol. The zero-order valence-corrected chi connectivity index (χ0v) is 10.9. The lowest BCUT2D eigenvalue weighted by Gasteiger charge is -2.23. The minimum absolute atomic E-state index is 0.459. The normalized spacial score (nSPS) is 13.0. The molecule has 0 aliphatic carbocycles. The van der Waals surface area contributed by atoms with E-state index in [0.29, 0.717) is 0 Å². The summed E-state index contributed by atoms with van der Waals surface area (Å²) < 4.78 is 106. The fourth-order valence-corrected chi connectivity index (χ4v) is 1.79. The van der Waals surface area contributed by atoms with Crippen molar-refractivity contribution in [2.45, 2.75) is 12.2 Å². The number of anilines is 1. The van der Waals surface area contributed by atoms with Gasteiger partial charge >= 0.3 is 6.18 Å². The number of halogens is 8. The van der Waals surface area contributed by atoms with Crippen LogP contribution >= 0.6 is 0 Å². The Morgan fingerprint density at radius 3 is 1.78 bits per heavy atom. The van der Waals surface area contributed by atoms with E-state index in [1.807, 2.05) is 0 Å². The van der Waals surface area contributed by atoms with E-state index in [0.717, 1.165) is 12.3 Å². The van der Waals surface area contributed by atoms with Crippen LogP contribution in [-0.4, -0.2) is 11.2 Å². The van der Waals surface area contributed by atoms with Crippen LogP contribution < -0.4 is 5.32 Å². The molecule has 1 aromatic heterocycles. The van der Waals surface area contributed by atoms with Gasteiger partial charge in [-0.3, -0.25) is 0 Å². The number of benzene rings is 1. The highest BCUT2D eigenvalue weighted by atomic mass is 19.4. The number of hydrogen-bond donors (Lipinski definition) is 1. The Bertz CT molecular complexity index is 685. The molecule has 1 aromatic carbocycles. The van der Waals surface area contributed by atoms with E-state index in [1.165, 1.54) is 12.1 Å². The summed E-state index contributed by atoms with van der Waals surface area (Å²) in [6, 6.07) is 0.472. The zero-order valence-electron chi connectivity index (χ0n) is 10.9. The van der Waals surface area contributed by atoms with Crippen molar-refractivity contribution in [3.8, 4) is 0 Å². The summed E-state index contributed by atoms with van der Waals surface area (Å²) in [5.41, 5.74) is -2.03. The van der Waals surface area contributed by atoms with Crippen molar-refractivity contribution in [2.24, 2.45) is 0 Å². The maximum atomic E-state index is 13.6. The third kappa shape index (κ3) is 3.20. The number of alkyl halides is 3. The molecule has 1 atom stereocenters. The van der Waals surface area contributed by atoms with E-state index in [1.54, 1.807) is 5.32 Å². The van der Waals surface area contributed by atoms with Gasteiger partial charge in [-0.2, -0.15) is 13.2 Å². The first-order valence-corrected chi connectivity index (χ1v) is 5.90. The molecule has 0 aliphatic heterocycles. The Hall–Kier alpha value is -2.39. The fraction of sp³-hybridized carbons (Fsp3) is 0.154. The maximum absolute atomic E-state index is 13.6. The van der Waals surface area contributed by atoms with Crippen LogP contribution in [0.4, 0.5) is 40.9 Å². The highest BCUT2D eigenvalue weighted by Crippen LogP contribution is 2.39. The van der Waals surface area contributed by atoms with Gasteiger partial charge in [0.05, 0.1) is 5.56 Å². The molecule has 2 nitrogen and oxygen atoms in total. The second-order valence-corrected chi connectivity index (χ2v) is 4.32. The molecule has 0 spiro atoms. The molecular formula is C13H6F8N2. The molecule has 2 aromatic rings. The maximum Gasteiger partial charge on any atom is 0.413 e. The summed E-state index contributed by atoms with van der Waals surface area (Å²) in [6.45, 7) is 0. The third-order valence-corrected chi connectivity index (χ3v) is 2.82. The number of hydrogen-bond acceptors (Lipinski definition) is 2. The molecule has 23 heavy (non-hydrogen) atoms. The quantitative estimate of drug-likeness (QED) is 0.505. The van der Waals surface area contributed by atoms with Gasteiger partial charge in [0.1, 0.15) is 5.82 Å². The number of nitrogens with zero attached hydrogens (tertiary/aromatic N) is 1. The van der Waals surface area contributed by atoms with Gasteiger partial charge in [-0.25, -0.2) is 26.9 Å². The average molecular weight is 342 g/mol. The topological polar surface area (TPSA) is 24.9 Å². The van der Waals surface area contributed by atoms with E-state index < -0.39 is 52.7 Å². The summed E-state index contributed by atoms with van der Waals surface area (Å²) >= 11 is 0. The lowest BCUT2D eigenvalue weighted by molar-refractivity contribution is -0.145. The van der Waals surface area contributed by atoms with Gasteiger partial charge in [0, 0.05) is 6.20 Å². The molecule has 1 N–H and O–H groups in total. The van der Waals surface area contributed by atoms with Gasteiger partial charge in [0.15, 0.2) is 29.3 Å². The van der Waals surface area contributed by atoms with Crippen LogP contribution in [0.1, 0.15) is 11.6 Å². The number of rotatable bonds is 3. The highest BCUT2D eigenvalue weighted by Gasteiger charge is 2.46. The Labute approximate surface area is 123 Å². The molecule has 0 fully saturated rings. The lowest BCUT2D eigenvalue weighted by atomic mass is 10.0. The Morgan fingerprint density at radius 2 is 1.35 bits per heavy atom. The van der Waals surface area contributed by atoms with Gasteiger partial charge < -0.3 is 5.32 Å². The lowest BCUT2D eigenvalue weighted by Crippen LogP contribution is -2.31. The molecule has 10 heteroatoms. The molecular weight excluding hydrogens is 336 g/mol. The first-order valence-electron chi connectivity index (χ1n) is 5.90. The molecule has 0 bridgehead atoms. The first-order chi connectivity index (χ1) is 10.6. The molecule has 0 aliphatic rings. The van der Waals surface area contributed by atoms with Crippen molar-refractivity contribution in [3.63, 3.8) is 0 Å². The SMILES string of the molecule is Fc1c(F)c(F)c(C(Nc2ccccn2)C(F)(F)F)c(F)c1F. The van der Waals surface area contributed by atoms with E-state index in [9.17, 15) is 35.1 Å². The Balaban J connectivity index is 2.62. The van der Waals surface area contributed by atoms with E-state index >= 15 is 0 Å². The summed E-state index contributed by atoms with van der Waals surface area (Å²) in [7, 11) is 0. The number of aromatic nitrogens is 1. The van der Waals surface area contributed by atoms with Gasteiger partial charge in [-0.1, -0.05) is 6.07 Å². The van der Waals surface area contributed by atoms with Crippen LogP contribution in [0.5, 0.6) is 0 Å². The second-order valence-electron chi connectivity index (χ2n) is 4.32. The van der Waals surface area contributed by atoms with E-state index in [-0.39, 0.29) is 0 Å². The van der Waals surface area contributed by atoms with Crippen LogP contribution in [0.3, 0.4) is 0 Å². The molecule has 124 valence electrons. The molecule has 1 heterocycles.